The number of rotatable bonds is 4. The van der Waals surface area contributed by atoms with Crippen molar-refractivity contribution in [2.45, 2.75) is 91.9 Å². The third kappa shape index (κ3) is 5.18. The maximum atomic E-state index is 12.0. The van der Waals surface area contributed by atoms with Gasteiger partial charge in [0.15, 0.2) is 0 Å². The molecule has 0 spiro atoms. The molecule has 0 saturated carbocycles. The molecule has 0 aromatic carbocycles. The number of amides is 1. The van der Waals surface area contributed by atoms with Crippen LogP contribution in [0.5, 0.6) is 0 Å². The van der Waals surface area contributed by atoms with Crippen LogP contribution < -0.4 is 5.32 Å². The van der Waals surface area contributed by atoms with Crippen LogP contribution in [0.1, 0.15) is 69.2 Å². The fourth-order valence-electron chi connectivity index (χ4n) is 3.12. The van der Waals surface area contributed by atoms with Crippen LogP contribution in [0.25, 0.3) is 0 Å². The highest BCUT2D eigenvalue weighted by atomic mass is 28.3. The Morgan fingerprint density at radius 2 is 1.29 bits per heavy atom. The lowest BCUT2D eigenvalue weighted by atomic mass is 9.95. The molecule has 0 bridgehead atoms. The second-order valence-electron chi connectivity index (χ2n) is 8.11. The molecule has 0 aliphatic carbocycles. The second kappa shape index (κ2) is 7.49. The minimum Gasteiger partial charge on any atom is -0.342 e. The Bertz CT molecular complexity index is 385. The zero-order valence-electron chi connectivity index (χ0n) is 15.7. The minimum absolute atomic E-state index is 0.0650. The zero-order chi connectivity index (χ0) is 17.0. The van der Waals surface area contributed by atoms with Crippen molar-refractivity contribution in [3.63, 3.8) is 0 Å². The third-order valence-electron chi connectivity index (χ3n) is 4.40. The van der Waals surface area contributed by atoms with Crippen molar-refractivity contribution < 1.29 is 4.79 Å². The topological polar surface area (TPSA) is 29.1 Å². The van der Waals surface area contributed by atoms with E-state index in [0.717, 1.165) is 0 Å². The van der Waals surface area contributed by atoms with Gasteiger partial charge in [0.05, 0.1) is 6.04 Å². The molecule has 0 heterocycles. The van der Waals surface area contributed by atoms with Gasteiger partial charge in [-0.25, -0.2) is 0 Å². The molecule has 0 unspecified atom stereocenters. The largest absolute Gasteiger partial charge is 0.342 e. The van der Waals surface area contributed by atoms with Crippen LogP contribution in [-0.4, -0.2) is 20.0 Å². The first-order valence-corrected chi connectivity index (χ1v) is 10.4. The molecule has 0 aliphatic heterocycles. The lowest BCUT2D eigenvalue weighted by Gasteiger charge is -2.38. The summed E-state index contributed by atoms with van der Waals surface area (Å²) in [6.07, 6.45) is 0. The van der Waals surface area contributed by atoms with E-state index in [1.165, 1.54) is 0 Å². The summed E-state index contributed by atoms with van der Waals surface area (Å²) in [4.78, 5) is 12.0. The van der Waals surface area contributed by atoms with E-state index in [2.05, 4.69) is 58.3 Å². The first-order valence-electron chi connectivity index (χ1n) is 8.19. The van der Waals surface area contributed by atoms with Crippen LogP contribution >= 0.6 is 0 Å². The average Bonchev–Trinajstić information content (AvgIpc) is 2.26. The van der Waals surface area contributed by atoms with Gasteiger partial charge in [-0.3, -0.25) is 4.79 Å². The van der Waals surface area contributed by atoms with Crippen molar-refractivity contribution in [2.24, 2.45) is 5.41 Å². The maximum Gasteiger partial charge on any atom is 0.226 e. The average molecular weight is 310 g/mol. The van der Waals surface area contributed by atoms with Crippen molar-refractivity contribution in [2.75, 3.05) is 0 Å². The van der Waals surface area contributed by atoms with E-state index >= 15 is 0 Å². The molecule has 1 N–H and O–H groups in total. The lowest BCUT2D eigenvalue weighted by Crippen LogP contribution is -2.44. The predicted octanol–water partition coefficient (Wildman–Crippen LogP) is 4.76. The summed E-state index contributed by atoms with van der Waals surface area (Å²) in [5.41, 5.74) is 5.16. The fraction of sp³-hybridized carbons (Fsp3) is 0.833. The van der Waals surface area contributed by atoms with Crippen molar-refractivity contribution in [1.82, 2.24) is 5.32 Å². The minimum atomic E-state index is -1.70. The summed E-state index contributed by atoms with van der Waals surface area (Å²) >= 11 is 0. The van der Waals surface area contributed by atoms with Gasteiger partial charge in [-0.2, -0.15) is 0 Å². The molecule has 0 aromatic rings. The summed E-state index contributed by atoms with van der Waals surface area (Å²) in [6, 6.07) is -0.0835. The van der Waals surface area contributed by atoms with Crippen molar-refractivity contribution >= 4 is 14.0 Å². The van der Waals surface area contributed by atoms with Crippen molar-refractivity contribution in [1.29, 1.82) is 0 Å². The summed E-state index contributed by atoms with van der Waals surface area (Å²) in [5.74, 6) is 3.42. The van der Waals surface area contributed by atoms with Gasteiger partial charge in [-0.1, -0.05) is 68.2 Å². The normalized spacial score (nSPS) is 14.1. The molecule has 0 fully saturated rings. The number of hydrogen-bond donors (Lipinski definition) is 1. The Hall–Kier alpha value is -0.753. The molecule has 0 aliphatic rings. The van der Waals surface area contributed by atoms with Crippen LogP contribution in [0.4, 0.5) is 0 Å². The van der Waals surface area contributed by atoms with E-state index in [-0.39, 0.29) is 17.4 Å². The monoisotopic (exact) mass is 309 g/mol. The zero-order valence-corrected chi connectivity index (χ0v) is 16.7. The van der Waals surface area contributed by atoms with Gasteiger partial charge in [0, 0.05) is 5.41 Å². The van der Waals surface area contributed by atoms with Gasteiger partial charge in [-0.15, -0.1) is 5.54 Å². The first kappa shape index (κ1) is 20.2. The van der Waals surface area contributed by atoms with E-state index in [0.29, 0.717) is 16.6 Å². The van der Waals surface area contributed by atoms with E-state index in [1.807, 2.05) is 27.7 Å². The van der Waals surface area contributed by atoms with Gasteiger partial charge in [0.2, 0.25) is 5.91 Å². The van der Waals surface area contributed by atoms with Gasteiger partial charge in [0.25, 0.3) is 0 Å². The predicted molar refractivity (Wildman–Crippen MR) is 95.9 cm³/mol. The maximum absolute atomic E-state index is 12.0. The van der Waals surface area contributed by atoms with E-state index in [1.54, 1.807) is 0 Å². The molecule has 1 amide bonds. The molecular weight excluding hydrogens is 274 g/mol. The SMILES string of the molecule is CC(C)[Si](C#C[C@@H](C)NC(=O)C(C)(C)C)(C(C)C)C(C)C. The molecule has 0 rings (SSSR count). The third-order valence-corrected chi connectivity index (χ3v) is 10.7. The van der Waals surface area contributed by atoms with Crippen molar-refractivity contribution in [3.05, 3.63) is 0 Å². The Morgan fingerprint density at radius 1 is 0.905 bits per heavy atom. The summed E-state index contributed by atoms with van der Waals surface area (Å²) < 4.78 is 0. The van der Waals surface area contributed by atoms with Crippen molar-refractivity contribution in [3.8, 4) is 11.5 Å². The van der Waals surface area contributed by atoms with E-state index < -0.39 is 8.07 Å². The Kier molecular flexibility index (Phi) is 7.22. The summed E-state index contributed by atoms with van der Waals surface area (Å²) in [7, 11) is -1.70. The highest BCUT2D eigenvalue weighted by molar-refractivity contribution is 6.90. The van der Waals surface area contributed by atoms with Crippen LogP contribution in [-0.2, 0) is 4.79 Å². The molecule has 21 heavy (non-hydrogen) atoms. The number of carbonyl (C=O) groups excluding carboxylic acids is 1. The molecule has 0 radical (unpaired) electrons. The van der Waals surface area contributed by atoms with Crippen LogP contribution in [0.3, 0.4) is 0 Å². The summed E-state index contributed by atoms with van der Waals surface area (Å²) in [5, 5.41) is 3.02. The Balaban J connectivity index is 5.27. The van der Waals surface area contributed by atoms with Crippen LogP contribution in [0.2, 0.25) is 16.6 Å². The second-order valence-corrected chi connectivity index (χ2v) is 13.7. The quantitative estimate of drug-likeness (QED) is 0.589. The molecule has 0 saturated heterocycles. The van der Waals surface area contributed by atoms with Gasteiger partial charge in [-0.05, 0) is 23.5 Å². The lowest BCUT2D eigenvalue weighted by molar-refractivity contribution is -0.128. The van der Waals surface area contributed by atoms with Crippen LogP contribution in [0.15, 0.2) is 0 Å². The molecule has 3 heteroatoms. The smallest absolute Gasteiger partial charge is 0.226 e. The molecular formula is C18H35NOSi. The number of hydrogen-bond acceptors (Lipinski definition) is 1. The van der Waals surface area contributed by atoms with E-state index in [9.17, 15) is 4.79 Å². The fourth-order valence-corrected chi connectivity index (χ4v) is 8.45. The number of nitrogens with one attached hydrogen (secondary N) is 1. The van der Waals surface area contributed by atoms with E-state index in [4.69, 9.17) is 0 Å². The van der Waals surface area contributed by atoms with Gasteiger partial charge < -0.3 is 5.32 Å². The number of carbonyl (C=O) groups is 1. The standard InChI is InChI=1S/C18H35NOSi/c1-13(2)21(14(3)4,15(5)6)12-11-16(7)19-17(20)18(8,9)10/h13-16H,1-10H3,(H,19,20)/t16-/m1/s1. The Morgan fingerprint density at radius 3 is 1.57 bits per heavy atom. The van der Waals surface area contributed by atoms with Crippen LogP contribution in [0, 0.1) is 16.9 Å². The first-order chi connectivity index (χ1) is 9.35. The molecule has 122 valence electrons. The summed E-state index contributed by atoms with van der Waals surface area (Å²) in [6.45, 7) is 21.6. The highest BCUT2D eigenvalue weighted by Gasteiger charge is 2.41. The molecule has 2 nitrogen and oxygen atoms in total. The molecule has 1 atom stereocenters. The van der Waals surface area contributed by atoms with Gasteiger partial charge >= 0.3 is 0 Å². The molecule has 0 aromatic heterocycles. The Labute approximate surface area is 133 Å². The van der Waals surface area contributed by atoms with Gasteiger partial charge in [0.1, 0.15) is 8.07 Å². The highest BCUT2D eigenvalue weighted by Crippen LogP contribution is 2.40.